The molecular weight excluding hydrogens is 261 g/mol. The lowest BCUT2D eigenvalue weighted by Gasteiger charge is -2.20. The van der Waals surface area contributed by atoms with Gasteiger partial charge in [0.15, 0.2) is 0 Å². The molecule has 100 valence electrons. The molecule has 0 heterocycles. The van der Waals surface area contributed by atoms with Crippen LogP contribution in [0.25, 0.3) is 0 Å². The van der Waals surface area contributed by atoms with Crippen molar-refractivity contribution < 1.29 is 32.6 Å². The Morgan fingerprint density at radius 1 is 1.35 bits per heavy atom. The van der Waals surface area contributed by atoms with Gasteiger partial charge in [-0.1, -0.05) is 0 Å². The lowest BCUT2D eigenvalue weighted by Crippen LogP contribution is -2.42. The number of esters is 1. The first kappa shape index (κ1) is 16.1. The molecule has 0 rings (SSSR count). The molecule has 17 heavy (non-hydrogen) atoms. The number of carbonyl (C=O) groups excluding carboxylic acids is 2. The van der Waals surface area contributed by atoms with Crippen LogP contribution < -0.4 is 5.11 Å². The molecule has 0 bridgehead atoms. The van der Waals surface area contributed by atoms with Gasteiger partial charge in [-0.25, -0.2) is 0 Å². The summed E-state index contributed by atoms with van der Waals surface area (Å²) in [6.45, 7) is 3.20. The number of carboxylic acids is 1. The normalized spacial score (nSPS) is 13.5. The van der Waals surface area contributed by atoms with E-state index in [1.807, 2.05) is 0 Å². The molecule has 0 spiro atoms. The van der Waals surface area contributed by atoms with Crippen LogP contribution in [0.4, 0.5) is 13.2 Å². The fourth-order valence-corrected chi connectivity index (χ4v) is 1.77. The number of aliphatic carboxylic acids is 1. The molecule has 0 aliphatic heterocycles. The molecule has 0 radical (unpaired) electrons. The van der Waals surface area contributed by atoms with E-state index in [1.165, 1.54) is 0 Å². The molecular formula is C9H12F3O4S-. The van der Waals surface area contributed by atoms with Gasteiger partial charge in [-0.15, -0.1) is 11.8 Å². The van der Waals surface area contributed by atoms with Crippen LogP contribution in [0.2, 0.25) is 0 Å². The average Bonchev–Trinajstić information content (AvgIpc) is 2.08. The minimum Gasteiger partial charge on any atom is -0.549 e. The van der Waals surface area contributed by atoms with Crippen LogP contribution in [-0.2, 0) is 14.3 Å². The summed E-state index contributed by atoms with van der Waals surface area (Å²) in [7, 11) is 0. The van der Waals surface area contributed by atoms with E-state index in [-0.39, 0.29) is 11.9 Å². The molecule has 8 heteroatoms. The Morgan fingerprint density at radius 2 is 1.88 bits per heavy atom. The highest BCUT2D eigenvalue weighted by Crippen LogP contribution is 2.28. The molecule has 0 saturated carbocycles. The van der Waals surface area contributed by atoms with E-state index >= 15 is 0 Å². The van der Waals surface area contributed by atoms with Crippen LogP contribution in [0.15, 0.2) is 0 Å². The summed E-state index contributed by atoms with van der Waals surface area (Å²) in [6.07, 6.45) is -5.23. The highest BCUT2D eigenvalue weighted by atomic mass is 32.2. The third kappa shape index (κ3) is 7.09. The predicted octanol–water partition coefficient (Wildman–Crippen LogP) is 0.600. The van der Waals surface area contributed by atoms with Crippen molar-refractivity contribution in [1.82, 2.24) is 0 Å². The first-order valence-corrected chi connectivity index (χ1v) is 5.85. The Bertz CT molecular complexity index is 278. The zero-order valence-corrected chi connectivity index (χ0v) is 10.1. The molecule has 1 atom stereocenters. The van der Waals surface area contributed by atoms with Crippen LogP contribution in [0.1, 0.15) is 13.8 Å². The van der Waals surface area contributed by atoms with Crippen LogP contribution >= 0.6 is 11.8 Å². The van der Waals surface area contributed by atoms with Crippen molar-refractivity contribution in [2.24, 2.45) is 5.92 Å². The SMILES string of the molecule is CC(C)OC(=O)CSCC(C(=O)[O-])C(F)(F)F. The number of carbonyl (C=O) groups is 2. The summed E-state index contributed by atoms with van der Waals surface area (Å²) in [5.74, 6) is -6.53. The van der Waals surface area contributed by atoms with Crippen LogP contribution in [0, 0.1) is 5.92 Å². The Hall–Kier alpha value is -0.920. The molecule has 0 amide bonds. The maximum atomic E-state index is 12.2. The lowest BCUT2D eigenvalue weighted by molar-refractivity contribution is -0.324. The highest BCUT2D eigenvalue weighted by molar-refractivity contribution is 7.99. The largest absolute Gasteiger partial charge is 0.549 e. The predicted molar refractivity (Wildman–Crippen MR) is 53.1 cm³/mol. The average molecular weight is 273 g/mol. The van der Waals surface area contributed by atoms with E-state index in [1.54, 1.807) is 13.8 Å². The van der Waals surface area contributed by atoms with Crippen molar-refractivity contribution in [1.29, 1.82) is 0 Å². The Morgan fingerprint density at radius 3 is 2.24 bits per heavy atom. The van der Waals surface area contributed by atoms with Gasteiger partial charge in [0.1, 0.15) is 5.92 Å². The van der Waals surface area contributed by atoms with Crippen LogP contribution in [0.3, 0.4) is 0 Å². The van der Waals surface area contributed by atoms with Crippen molar-refractivity contribution in [2.45, 2.75) is 26.1 Å². The molecule has 0 saturated heterocycles. The van der Waals surface area contributed by atoms with Gasteiger partial charge in [-0.05, 0) is 13.8 Å². The van der Waals surface area contributed by atoms with Gasteiger partial charge in [0.05, 0.1) is 17.8 Å². The van der Waals surface area contributed by atoms with Gasteiger partial charge in [-0.2, -0.15) is 13.2 Å². The standard InChI is InChI=1S/C9H13F3O4S/c1-5(2)16-7(13)4-17-3-6(8(14)15)9(10,11)12/h5-6H,3-4H2,1-2H3,(H,14,15)/p-1. The van der Waals surface area contributed by atoms with Gasteiger partial charge in [-0.3, -0.25) is 4.79 Å². The van der Waals surface area contributed by atoms with Crippen molar-refractivity contribution in [3.8, 4) is 0 Å². The maximum absolute atomic E-state index is 12.2. The summed E-state index contributed by atoms with van der Waals surface area (Å²) in [5.41, 5.74) is 0. The second-order valence-corrected chi connectivity index (χ2v) is 4.50. The zero-order chi connectivity index (χ0) is 13.6. The number of rotatable bonds is 6. The third-order valence-electron chi connectivity index (χ3n) is 1.55. The molecule has 0 aromatic carbocycles. The van der Waals surface area contributed by atoms with Gasteiger partial charge >= 0.3 is 12.1 Å². The minimum atomic E-state index is -4.87. The van der Waals surface area contributed by atoms with E-state index in [9.17, 15) is 27.9 Å². The number of hydrogen-bond donors (Lipinski definition) is 0. The van der Waals surface area contributed by atoms with Gasteiger partial charge in [0, 0.05) is 5.75 Å². The topological polar surface area (TPSA) is 66.4 Å². The summed E-state index contributed by atoms with van der Waals surface area (Å²) in [4.78, 5) is 21.2. The number of carboxylic acid groups (broad SMARTS) is 1. The van der Waals surface area contributed by atoms with Crippen molar-refractivity contribution >= 4 is 23.7 Å². The summed E-state index contributed by atoms with van der Waals surface area (Å²) in [5, 5.41) is 10.2. The van der Waals surface area contributed by atoms with Gasteiger partial charge in [0.25, 0.3) is 0 Å². The molecule has 0 aromatic rings. The van der Waals surface area contributed by atoms with Crippen molar-refractivity contribution in [3.63, 3.8) is 0 Å². The number of alkyl halides is 3. The summed E-state index contributed by atoms with van der Waals surface area (Å²) >= 11 is 0.551. The van der Waals surface area contributed by atoms with Crippen LogP contribution in [0.5, 0.6) is 0 Å². The highest BCUT2D eigenvalue weighted by Gasteiger charge is 2.40. The monoisotopic (exact) mass is 273 g/mol. The summed E-state index contributed by atoms with van der Waals surface area (Å²) < 4.78 is 41.1. The maximum Gasteiger partial charge on any atom is 0.397 e. The fraction of sp³-hybridized carbons (Fsp3) is 0.778. The number of hydrogen-bond acceptors (Lipinski definition) is 5. The first-order valence-electron chi connectivity index (χ1n) is 4.69. The van der Waals surface area contributed by atoms with Crippen molar-refractivity contribution in [2.75, 3.05) is 11.5 Å². The molecule has 0 N–H and O–H groups in total. The van der Waals surface area contributed by atoms with Crippen molar-refractivity contribution in [3.05, 3.63) is 0 Å². The van der Waals surface area contributed by atoms with E-state index in [0.29, 0.717) is 11.8 Å². The zero-order valence-electron chi connectivity index (χ0n) is 9.24. The molecule has 1 unspecified atom stereocenters. The molecule has 4 nitrogen and oxygen atoms in total. The number of thioether (sulfide) groups is 1. The van der Waals surface area contributed by atoms with E-state index in [4.69, 9.17) is 0 Å². The molecule has 0 fully saturated rings. The first-order chi connectivity index (χ1) is 7.64. The number of halogens is 3. The van der Waals surface area contributed by atoms with E-state index < -0.39 is 29.8 Å². The van der Waals surface area contributed by atoms with E-state index in [0.717, 1.165) is 0 Å². The minimum absolute atomic E-state index is 0.321. The summed E-state index contributed by atoms with van der Waals surface area (Å²) in [6, 6.07) is 0. The van der Waals surface area contributed by atoms with Gasteiger partial charge < -0.3 is 14.6 Å². The third-order valence-corrected chi connectivity index (χ3v) is 2.56. The molecule has 0 aliphatic carbocycles. The lowest BCUT2D eigenvalue weighted by atomic mass is 10.2. The quantitative estimate of drug-likeness (QED) is 0.663. The van der Waals surface area contributed by atoms with E-state index in [2.05, 4.69) is 4.74 Å². The fourth-order valence-electron chi connectivity index (χ4n) is 0.853. The van der Waals surface area contributed by atoms with Crippen LogP contribution in [-0.4, -0.2) is 35.7 Å². The van der Waals surface area contributed by atoms with Gasteiger partial charge in [0.2, 0.25) is 0 Å². The Balaban J connectivity index is 4.08. The molecule has 0 aromatic heterocycles. The Labute approximate surface area is 101 Å². The number of ether oxygens (including phenoxy) is 1. The second-order valence-electron chi connectivity index (χ2n) is 3.47. The smallest absolute Gasteiger partial charge is 0.397 e. The second kappa shape index (κ2) is 6.73. The Kier molecular flexibility index (Phi) is 6.36. The molecule has 0 aliphatic rings.